The van der Waals surface area contributed by atoms with E-state index in [1.165, 1.54) is 19.2 Å². The number of esters is 2. The average Bonchev–Trinajstić information content (AvgIpc) is 2.99. The lowest BCUT2D eigenvalue weighted by atomic mass is 9.85. The number of hydrogen-bond acceptors (Lipinski definition) is 5. The van der Waals surface area contributed by atoms with Crippen LogP contribution >= 0.6 is 0 Å². The van der Waals surface area contributed by atoms with E-state index in [9.17, 15) is 22.8 Å². The van der Waals surface area contributed by atoms with E-state index in [2.05, 4.69) is 14.5 Å². The number of aromatic nitrogens is 1. The summed E-state index contributed by atoms with van der Waals surface area (Å²) in [5, 5.41) is 0.180. The molecule has 2 aromatic rings. The number of ether oxygens (including phenoxy) is 3. The number of H-pyrrole nitrogens is 1. The van der Waals surface area contributed by atoms with Gasteiger partial charge in [-0.3, -0.25) is 9.59 Å². The molecule has 0 spiro atoms. The molecule has 0 fully saturated rings. The fourth-order valence-electron chi connectivity index (χ4n) is 2.67. The summed E-state index contributed by atoms with van der Waals surface area (Å²) in [6.45, 7) is 0. The lowest BCUT2D eigenvalue weighted by Crippen LogP contribution is -2.39. The smallest absolute Gasteiger partial charge is 0.397 e. The molecule has 25 heavy (non-hydrogen) atoms. The standard InChI is InChI=1S/C16H16F3NO5/c1-23-8-4-5-11-9(6-8)10(7-20-11)13(16(17,18)19)12(14(21)24-2)15(22)25-3/h4-7,12-13,20H,1-3H3/t13-/m0/s1. The molecule has 1 atom stereocenters. The quantitative estimate of drug-likeness (QED) is 0.656. The summed E-state index contributed by atoms with van der Waals surface area (Å²) in [5.74, 6) is -6.94. The van der Waals surface area contributed by atoms with Crippen LogP contribution < -0.4 is 4.74 Å². The Kier molecular flexibility index (Phi) is 5.24. The monoisotopic (exact) mass is 359 g/mol. The van der Waals surface area contributed by atoms with E-state index in [4.69, 9.17) is 4.74 Å². The van der Waals surface area contributed by atoms with Crippen LogP contribution in [-0.4, -0.2) is 44.4 Å². The molecule has 0 amide bonds. The van der Waals surface area contributed by atoms with E-state index < -0.39 is 30.0 Å². The van der Waals surface area contributed by atoms with Crippen molar-refractivity contribution >= 4 is 22.8 Å². The predicted octanol–water partition coefficient (Wildman–Crippen LogP) is 2.78. The first-order valence-corrected chi connectivity index (χ1v) is 7.12. The van der Waals surface area contributed by atoms with Crippen molar-refractivity contribution in [3.05, 3.63) is 30.0 Å². The molecule has 136 valence electrons. The summed E-state index contributed by atoms with van der Waals surface area (Å²) in [5.41, 5.74) is 0.126. The number of halogens is 3. The van der Waals surface area contributed by atoms with Crippen molar-refractivity contribution < 1.29 is 37.0 Å². The molecular weight excluding hydrogens is 343 g/mol. The number of nitrogens with one attached hydrogen (secondary N) is 1. The zero-order valence-electron chi connectivity index (χ0n) is 13.6. The molecule has 1 aromatic carbocycles. The van der Waals surface area contributed by atoms with Gasteiger partial charge in [0, 0.05) is 17.1 Å². The maximum Gasteiger partial charge on any atom is 0.397 e. The van der Waals surface area contributed by atoms with Crippen LogP contribution in [-0.2, 0) is 19.1 Å². The fraction of sp³-hybridized carbons (Fsp3) is 0.375. The van der Waals surface area contributed by atoms with E-state index in [-0.39, 0.29) is 10.9 Å². The molecule has 0 aliphatic carbocycles. The minimum absolute atomic E-state index is 0.180. The molecule has 1 N–H and O–H groups in total. The number of benzene rings is 1. The Labute approximate surface area is 140 Å². The van der Waals surface area contributed by atoms with Gasteiger partial charge in [0.2, 0.25) is 0 Å². The van der Waals surface area contributed by atoms with Crippen LogP contribution in [0.25, 0.3) is 10.9 Å². The van der Waals surface area contributed by atoms with Crippen LogP contribution in [0.15, 0.2) is 24.4 Å². The Bertz CT molecular complexity index is 768. The molecule has 0 saturated heterocycles. The predicted molar refractivity (Wildman–Crippen MR) is 81.2 cm³/mol. The van der Waals surface area contributed by atoms with Crippen LogP contribution in [0.5, 0.6) is 5.75 Å². The molecule has 1 aromatic heterocycles. The number of fused-ring (bicyclic) bond motifs is 1. The molecule has 0 bridgehead atoms. The number of carbonyl (C=O) groups is 2. The summed E-state index contributed by atoms with van der Waals surface area (Å²) < 4.78 is 55.1. The van der Waals surface area contributed by atoms with Crippen molar-refractivity contribution in [1.29, 1.82) is 0 Å². The molecule has 0 aliphatic heterocycles. The van der Waals surface area contributed by atoms with Gasteiger partial charge in [-0.15, -0.1) is 0 Å². The van der Waals surface area contributed by atoms with Gasteiger partial charge in [-0.1, -0.05) is 0 Å². The molecule has 0 aliphatic rings. The van der Waals surface area contributed by atoms with Crippen molar-refractivity contribution in [3.63, 3.8) is 0 Å². The molecule has 9 heteroatoms. The van der Waals surface area contributed by atoms with Crippen LogP contribution in [0.1, 0.15) is 11.5 Å². The molecule has 2 rings (SSSR count). The highest BCUT2D eigenvalue weighted by molar-refractivity contribution is 5.97. The number of rotatable bonds is 5. The minimum atomic E-state index is -4.90. The highest BCUT2D eigenvalue weighted by Crippen LogP contribution is 2.44. The summed E-state index contributed by atoms with van der Waals surface area (Å²) >= 11 is 0. The summed E-state index contributed by atoms with van der Waals surface area (Å²) in [6.07, 6.45) is -3.79. The zero-order chi connectivity index (χ0) is 18.8. The lowest BCUT2D eigenvalue weighted by Gasteiger charge is -2.25. The van der Waals surface area contributed by atoms with Crippen LogP contribution in [0.3, 0.4) is 0 Å². The number of hydrogen-bond donors (Lipinski definition) is 1. The van der Waals surface area contributed by atoms with Crippen molar-refractivity contribution in [2.45, 2.75) is 12.1 Å². The number of aromatic amines is 1. The summed E-state index contributed by atoms with van der Waals surface area (Å²) in [4.78, 5) is 26.5. The van der Waals surface area contributed by atoms with Gasteiger partial charge in [-0.25, -0.2) is 0 Å². The van der Waals surface area contributed by atoms with Crippen molar-refractivity contribution in [2.75, 3.05) is 21.3 Å². The SMILES string of the molecule is COC(=O)C(C(=O)OC)[C@H](c1c[nH]c2ccc(OC)cc12)C(F)(F)F. The Morgan fingerprint density at radius 1 is 1.08 bits per heavy atom. The Morgan fingerprint density at radius 2 is 1.68 bits per heavy atom. The maximum atomic E-state index is 13.8. The van der Waals surface area contributed by atoms with Crippen molar-refractivity contribution in [2.24, 2.45) is 5.92 Å². The van der Waals surface area contributed by atoms with Gasteiger partial charge in [-0.05, 0) is 23.8 Å². The first kappa shape index (κ1) is 18.6. The van der Waals surface area contributed by atoms with E-state index in [0.717, 1.165) is 20.4 Å². The number of methoxy groups -OCH3 is 3. The van der Waals surface area contributed by atoms with Gasteiger partial charge in [0.15, 0.2) is 5.92 Å². The molecule has 6 nitrogen and oxygen atoms in total. The Hall–Kier alpha value is -2.71. The van der Waals surface area contributed by atoms with Crippen LogP contribution in [0, 0.1) is 5.92 Å². The maximum absolute atomic E-state index is 13.8. The van der Waals surface area contributed by atoms with E-state index in [1.54, 1.807) is 6.07 Å². The second-order valence-electron chi connectivity index (χ2n) is 5.20. The normalized spacial score (nSPS) is 12.9. The van der Waals surface area contributed by atoms with E-state index in [1.807, 2.05) is 0 Å². The largest absolute Gasteiger partial charge is 0.497 e. The average molecular weight is 359 g/mol. The fourth-order valence-corrected chi connectivity index (χ4v) is 2.67. The molecular formula is C16H16F3NO5. The first-order valence-electron chi connectivity index (χ1n) is 7.12. The second kappa shape index (κ2) is 7.04. The third-order valence-electron chi connectivity index (χ3n) is 3.85. The first-order chi connectivity index (χ1) is 11.7. The highest BCUT2D eigenvalue weighted by atomic mass is 19.4. The lowest BCUT2D eigenvalue weighted by molar-refractivity contribution is -0.187. The number of carbonyl (C=O) groups excluding carboxylic acids is 2. The molecule has 1 heterocycles. The van der Waals surface area contributed by atoms with Gasteiger partial charge in [0.25, 0.3) is 0 Å². The zero-order valence-corrected chi connectivity index (χ0v) is 13.6. The molecule has 0 radical (unpaired) electrons. The van der Waals surface area contributed by atoms with Gasteiger partial charge in [-0.2, -0.15) is 13.2 Å². The highest BCUT2D eigenvalue weighted by Gasteiger charge is 2.53. The van der Waals surface area contributed by atoms with E-state index in [0.29, 0.717) is 11.3 Å². The summed E-state index contributed by atoms with van der Waals surface area (Å²) in [6, 6.07) is 4.51. The van der Waals surface area contributed by atoms with Gasteiger partial charge < -0.3 is 19.2 Å². The Balaban J connectivity index is 2.69. The van der Waals surface area contributed by atoms with Gasteiger partial charge in [0.1, 0.15) is 11.7 Å². The van der Waals surface area contributed by atoms with Crippen LogP contribution in [0.4, 0.5) is 13.2 Å². The molecule has 0 saturated carbocycles. The van der Waals surface area contributed by atoms with Crippen molar-refractivity contribution in [3.8, 4) is 5.75 Å². The second-order valence-corrected chi connectivity index (χ2v) is 5.20. The topological polar surface area (TPSA) is 77.6 Å². The van der Waals surface area contributed by atoms with Crippen molar-refractivity contribution in [1.82, 2.24) is 4.98 Å². The third-order valence-corrected chi connectivity index (χ3v) is 3.85. The van der Waals surface area contributed by atoms with Gasteiger partial charge in [0.05, 0.1) is 21.3 Å². The minimum Gasteiger partial charge on any atom is -0.497 e. The van der Waals surface area contributed by atoms with Gasteiger partial charge >= 0.3 is 18.1 Å². The van der Waals surface area contributed by atoms with E-state index >= 15 is 0 Å². The molecule has 0 unspecified atom stereocenters. The van der Waals surface area contributed by atoms with Crippen LogP contribution in [0.2, 0.25) is 0 Å². The summed E-state index contributed by atoms with van der Waals surface area (Å²) in [7, 11) is 3.19. The Morgan fingerprint density at radius 3 is 2.16 bits per heavy atom. The third kappa shape index (κ3) is 3.54. The number of alkyl halides is 3.